The number of alkyl halides is 1. The van der Waals surface area contributed by atoms with E-state index in [0.29, 0.717) is 18.0 Å². The summed E-state index contributed by atoms with van der Waals surface area (Å²) in [5.74, 6) is 2.01. The normalized spacial score (nSPS) is 29.6. The van der Waals surface area contributed by atoms with Gasteiger partial charge in [0.2, 0.25) is 0 Å². The molecule has 1 aromatic carbocycles. The molecule has 0 N–H and O–H groups in total. The van der Waals surface area contributed by atoms with E-state index in [4.69, 9.17) is 16.0 Å². The van der Waals surface area contributed by atoms with Crippen molar-refractivity contribution >= 4 is 22.7 Å². The molecule has 20 heavy (non-hydrogen) atoms. The first-order valence-corrected chi connectivity index (χ1v) is 7.91. The Labute approximate surface area is 122 Å². The molecule has 0 aliphatic heterocycles. The van der Waals surface area contributed by atoms with Crippen LogP contribution in [0.25, 0.3) is 11.1 Å². The van der Waals surface area contributed by atoms with Crippen LogP contribution in [-0.2, 0) is 6.54 Å². The van der Waals surface area contributed by atoms with E-state index in [-0.39, 0.29) is 11.1 Å². The van der Waals surface area contributed by atoms with E-state index in [0.717, 1.165) is 22.9 Å². The lowest BCUT2D eigenvalue weighted by molar-refractivity contribution is 0.512. The summed E-state index contributed by atoms with van der Waals surface area (Å²) < 4.78 is 6.97. The molecule has 0 spiro atoms. The summed E-state index contributed by atoms with van der Waals surface area (Å²) in [6.07, 6.45) is 4.03. The number of hydrogen-bond acceptors (Lipinski definition) is 2. The first-order chi connectivity index (χ1) is 9.70. The number of benzene rings is 1. The van der Waals surface area contributed by atoms with Crippen molar-refractivity contribution in [1.82, 2.24) is 4.57 Å². The van der Waals surface area contributed by atoms with Crippen molar-refractivity contribution in [1.29, 1.82) is 0 Å². The van der Waals surface area contributed by atoms with Crippen LogP contribution in [0.4, 0.5) is 0 Å². The summed E-state index contributed by atoms with van der Waals surface area (Å²) in [5.41, 5.74) is 2.61. The van der Waals surface area contributed by atoms with E-state index >= 15 is 0 Å². The lowest BCUT2D eigenvalue weighted by Crippen LogP contribution is -2.11. The standard InChI is InChI=1S/C16H18ClNO2/c1-2-18-12-7-6-9(8-13(12)20-16(18)19)15(17)14-10-4-3-5-11(10)14/h6-8,10-11,14-15H,2-5H2,1H3. The highest BCUT2D eigenvalue weighted by atomic mass is 35.5. The summed E-state index contributed by atoms with van der Waals surface area (Å²) in [4.78, 5) is 11.7. The molecule has 3 unspecified atom stereocenters. The van der Waals surface area contributed by atoms with Gasteiger partial charge in [0.15, 0.2) is 5.58 Å². The monoisotopic (exact) mass is 291 g/mol. The number of aryl methyl sites for hydroxylation is 1. The Balaban J connectivity index is 1.69. The van der Waals surface area contributed by atoms with Gasteiger partial charge >= 0.3 is 5.76 Å². The molecule has 2 aliphatic carbocycles. The molecule has 3 atom stereocenters. The second-order valence-electron chi connectivity index (χ2n) is 6.08. The summed E-state index contributed by atoms with van der Waals surface area (Å²) in [5, 5.41) is 0.0602. The fraction of sp³-hybridized carbons (Fsp3) is 0.562. The third-order valence-electron chi connectivity index (χ3n) is 5.14. The van der Waals surface area contributed by atoms with Crippen molar-refractivity contribution in [2.45, 2.75) is 38.1 Å². The van der Waals surface area contributed by atoms with E-state index in [1.165, 1.54) is 19.3 Å². The molecule has 0 radical (unpaired) electrons. The third-order valence-corrected chi connectivity index (χ3v) is 5.68. The number of rotatable bonds is 3. The molecule has 2 saturated carbocycles. The van der Waals surface area contributed by atoms with Gasteiger partial charge in [-0.15, -0.1) is 11.6 Å². The van der Waals surface area contributed by atoms with Crippen molar-refractivity contribution in [3.63, 3.8) is 0 Å². The predicted molar refractivity (Wildman–Crippen MR) is 79.1 cm³/mol. The predicted octanol–water partition coefficient (Wildman–Crippen LogP) is 3.94. The van der Waals surface area contributed by atoms with Crippen LogP contribution in [0, 0.1) is 17.8 Å². The van der Waals surface area contributed by atoms with Gasteiger partial charge in [0.1, 0.15) is 0 Å². The van der Waals surface area contributed by atoms with Crippen LogP contribution in [0.2, 0.25) is 0 Å². The molecule has 2 aromatic rings. The Morgan fingerprint density at radius 3 is 2.85 bits per heavy atom. The van der Waals surface area contributed by atoms with E-state index < -0.39 is 0 Å². The van der Waals surface area contributed by atoms with Gasteiger partial charge < -0.3 is 4.42 Å². The van der Waals surface area contributed by atoms with E-state index in [1.807, 2.05) is 19.1 Å². The van der Waals surface area contributed by atoms with Gasteiger partial charge in [-0.05, 0) is 55.2 Å². The lowest BCUT2D eigenvalue weighted by Gasteiger charge is -2.11. The van der Waals surface area contributed by atoms with Gasteiger partial charge in [-0.2, -0.15) is 0 Å². The molecular weight excluding hydrogens is 274 g/mol. The second-order valence-corrected chi connectivity index (χ2v) is 6.55. The maximum absolute atomic E-state index is 11.7. The molecule has 1 heterocycles. The Morgan fingerprint density at radius 2 is 2.15 bits per heavy atom. The van der Waals surface area contributed by atoms with Crippen LogP contribution >= 0.6 is 11.6 Å². The minimum atomic E-state index is -0.283. The Kier molecular flexibility index (Phi) is 2.75. The molecular formula is C16H18ClNO2. The molecule has 4 rings (SSSR count). The average molecular weight is 292 g/mol. The van der Waals surface area contributed by atoms with Gasteiger partial charge in [0.05, 0.1) is 10.9 Å². The maximum atomic E-state index is 11.7. The molecule has 1 aromatic heterocycles. The fourth-order valence-electron chi connectivity index (χ4n) is 4.09. The van der Waals surface area contributed by atoms with E-state index in [9.17, 15) is 4.79 Å². The van der Waals surface area contributed by atoms with Gasteiger partial charge in [-0.3, -0.25) is 4.57 Å². The van der Waals surface area contributed by atoms with Crippen molar-refractivity contribution in [3.05, 3.63) is 34.3 Å². The number of fused-ring (bicyclic) bond motifs is 2. The number of hydrogen-bond donors (Lipinski definition) is 0. The van der Waals surface area contributed by atoms with Crippen LogP contribution in [0.5, 0.6) is 0 Å². The quantitative estimate of drug-likeness (QED) is 0.803. The highest BCUT2D eigenvalue weighted by Crippen LogP contribution is 2.63. The summed E-state index contributed by atoms with van der Waals surface area (Å²) >= 11 is 6.66. The van der Waals surface area contributed by atoms with Gasteiger partial charge in [-0.1, -0.05) is 12.5 Å². The lowest BCUT2D eigenvalue weighted by atomic mass is 10.0. The average Bonchev–Trinajstić information content (AvgIpc) is 2.81. The van der Waals surface area contributed by atoms with Crippen molar-refractivity contribution in [2.24, 2.45) is 17.8 Å². The zero-order chi connectivity index (χ0) is 13.9. The smallest absolute Gasteiger partial charge is 0.408 e. The minimum absolute atomic E-state index is 0.0602. The Bertz CT molecular complexity index is 707. The van der Waals surface area contributed by atoms with Crippen LogP contribution in [0.1, 0.15) is 37.1 Å². The Morgan fingerprint density at radius 1 is 1.40 bits per heavy atom. The van der Waals surface area contributed by atoms with E-state index in [1.54, 1.807) is 4.57 Å². The molecule has 2 aliphatic rings. The molecule has 3 nitrogen and oxygen atoms in total. The third kappa shape index (κ3) is 1.69. The zero-order valence-electron chi connectivity index (χ0n) is 11.5. The van der Waals surface area contributed by atoms with Crippen molar-refractivity contribution < 1.29 is 4.42 Å². The molecule has 4 heteroatoms. The number of aromatic nitrogens is 1. The minimum Gasteiger partial charge on any atom is -0.408 e. The summed E-state index contributed by atoms with van der Waals surface area (Å²) in [6.45, 7) is 2.57. The number of halogens is 1. The largest absolute Gasteiger partial charge is 0.419 e. The Hall–Kier alpha value is -1.22. The van der Waals surface area contributed by atoms with E-state index in [2.05, 4.69) is 6.07 Å². The first kappa shape index (κ1) is 12.5. The molecule has 0 bridgehead atoms. The maximum Gasteiger partial charge on any atom is 0.419 e. The van der Waals surface area contributed by atoms with Gasteiger partial charge in [0.25, 0.3) is 0 Å². The number of nitrogens with zero attached hydrogens (tertiary/aromatic N) is 1. The molecule has 2 fully saturated rings. The summed E-state index contributed by atoms with van der Waals surface area (Å²) in [6, 6.07) is 5.97. The number of oxazole rings is 1. The SMILES string of the molecule is CCn1c(=O)oc2cc(C(Cl)C3C4CCCC43)ccc21. The van der Waals surface area contributed by atoms with Crippen molar-refractivity contribution in [3.8, 4) is 0 Å². The van der Waals surface area contributed by atoms with Gasteiger partial charge in [-0.25, -0.2) is 4.79 Å². The fourth-order valence-corrected chi connectivity index (χ4v) is 4.60. The second kappa shape index (κ2) is 4.39. The summed E-state index contributed by atoms with van der Waals surface area (Å²) in [7, 11) is 0. The molecule has 0 amide bonds. The zero-order valence-corrected chi connectivity index (χ0v) is 12.3. The first-order valence-electron chi connectivity index (χ1n) is 7.48. The van der Waals surface area contributed by atoms with Crippen LogP contribution in [-0.4, -0.2) is 4.57 Å². The molecule has 0 saturated heterocycles. The van der Waals surface area contributed by atoms with Gasteiger partial charge in [0, 0.05) is 6.54 Å². The highest BCUT2D eigenvalue weighted by molar-refractivity contribution is 6.21. The highest BCUT2D eigenvalue weighted by Gasteiger charge is 2.55. The van der Waals surface area contributed by atoms with Crippen LogP contribution in [0.3, 0.4) is 0 Å². The van der Waals surface area contributed by atoms with Crippen LogP contribution < -0.4 is 5.76 Å². The molecule has 106 valence electrons. The van der Waals surface area contributed by atoms with Crippen molar-refractivity contribution in [2.75, 3.05) is 0 Å². The van der Waals surface area contributed by atoms with Crippen LogP contribution in [0.15, 0.2) is 27.4 Å². The topological polar surface area (TPSA) is 35.1 Å².